The van der Waals surface area contributed by atoms with E-state index >= 15 is 0 Å². The average Bonchev–Trinajstić information content (AvgIpc) is 2.84. The zero-order valence-electron chi connectivity index (χ0n) is 24.8. The van der Waals surface area contributed by atoms with Crippen LogP contribution in [0.1, 0.15) is 194 Å². The highest BCUT2D eigenvalue weighted by molar-refractivity contribution is 4.52. The zero-order chi connectivity index (χ0) is 25.7. The van der Waals surface area contributed by atoms with Crippen LogP contribution in [0.25, 0.3) is 0 Å². The Bertz CT molecular complexity index is 368. The minimum Gasteiger partial charge on any atom is -0.368 e. The van der Waals surface area contributed by atoms with Crippen LogP contribution >= 0.6 is 0 Å². The maximum absolute atomic E-state index is 10.0. The third kappa shape index (κ3) is 31.9. The van der Waals surface area contributed by atoms with E-state index in [2.05, 4.69) is 20.8 Å². The number of ether oxygens (including phenoxy) is 1. The number of aliphatic hydroxyl groups is 1. The Balaban J connectivity index is 3.14. The second-order valence-electron chi connectivity index (χ2n) is 11.8. The Morgan fingerprint density at radius 3 is 1.11 bits per heavy atom. The SMILES string of the molecule is CCCCCCCCCCCCCCCCOC(O)CCCCCCCCCCCCCC(C)C. The van der Waals surface area contributed by atoms with Crippen LogP contribution in [0, 0.1) is 5.92 Å². The molecule has 35 heavy (non-hydrogen) atoms. The lowest BCUT2D eigenvalue weighted by molar-refractivity contribution is -0.105. The van der Waals surface area contributed by atoms with E-state index in [1.54, 1.807) is 0 Å². The molecule has 212 valence electrons. The number of aliphatic hydroxyl groups excluding tert-OH is 1. The van der Waals surface area contributed by atoms with Gasteiger partial charge in [-0.1, -0.05) is 175 Å². The van der Waals surface area contributed by atoms with Gasteiger partial charge in [0.25, 0.3) is 0 Å². The molecule has 0 bridgehead atoms. The summed E-state index contributed by atoms with van der Waals surface area (Å²) in [5.74, 6) is 0.872. The maximum Gasteiger partial charge on any atom is 0.154 e. The monoisotopic (exact) mass is 497 g/mol. The first-order valence-corrected chi connectivity index (χ1v) is 16.5. The minimum atomic E-state index is -0.535. The first kappa shape index (κ1) is 34.9. The van der Waals surface area contributed by atoms with Crippen molar-refractivity contribution >= 4 is 0 Å². The molecule has 0 saturated heterocycles. The highest BCUT2D eigenvalue weighted by Crippen LogP contribution is 2.15. The normalized spacial score (nSPS) is 12.6. The van der Waals surface area contributed by atoms with E-state index in [1.807, 2.05) is 0 Å². The second-order valence-corrected chi connectivity index (χ2v) is 11.8. The van der Waals surface area contributed by atoms with Crippen molar-refractivity contribution in [1.29, 1.82) is 0 Å². The summed E-state index contributed by atoms with van der Waals surface area (Å²) in [7, 11) is 0. The van der Waals surface area contributed by atoms with Crippen LogP contribution < -0.4 is 0 Å². The summed E-state index contributed by atoms with van der Waals surface area (Å²) in [6.45, 7) is 7.68. The molecule has 2 nitrogen and oxygen atoms in total. The largest absolute Gasteiger partial charge is 0.368 e. The van der Waals surface area contributed by atoms with Crippen molar-refractivity contribution in [2.24, 2.45) is 5.92 Å². The van der Waals surface area contributed by atoms with E-state index in [1.165, 1.54) is 154 Å². The molecule has 0 spiro atoms. The van der Waals surface area contributed by atoms with Crippen molar-refractivity contribution in [1.82, 2.24) is 0 Å². The standard InChI is InChI=1S/C33H68O2/c1-4-5-6-7-8-9-10-11-12-16-19-22-25-28-31-35-33(34)30-27-24-21-18-15-13-14-17-20-23-26-29-32(2)3/h32-34H,4-31H2,1-3H3. The van der Waals surface area contributed by atoms with Gasteiger partial charge in [-0.05, 0) is 25.2 Å². The summed E-state index contributed by atoms with van der Waals surface area (Å²) in [4.78, 5) is 0. The van der Waals surface area contributed by atoms with Gasteiger partial charge in [-0.15, -0.1) is 0 Å². The Morgan fingerprint density at radius 1 is 0.429 bits per heavy atom. The van der Waals surface area contributed by atoms with E-state index in [9.17, 15) is 5.11 Å². The zero-order valence-corrected chi connectivity index (χ0v) is 24.8. The van der Waals surface area contributed by atoms with Gasteiger partial charge >= 0.3 is 0 Å². The van der Waals surface area contributed by atoms with Crippen molar-refractivity contribution < 1.29 is 9.84 Å². The molecule has 0 aliphatic rings. The lowest BCUT2D eigenvalue weighted by Crippen LogP contribution is -2.12. The third-order valence-electron chi connectivity index (χ3n) is 7.54. The summed E-state index contributed by atoms with van der Waals surface area (Å²) in [5, 5.41) is 10.0. The van der Waals surface area contributed by atoms with Crippen LogP contribution in [0.2, 0.25) is 0 Å². The van der Waals surface area contributed by atoms with Crippen LogP contribution in [0.4, 0.5) is 0 Å². The molecule has 1 unspecified atom stereocenters. The predicted molar refractivity (Wildman–Crippen MR) is 157 cm³/mol. The van der Waals surface area contributed by atoms with Gasteiger partial charge in [0.15, 0.2) is 6.29 Å². The first-order chi connectivity index (χ1) is 17.2. The van der Waals surface area contributed by atoms with Crippen LogP contribution in [0.15, 0.2) is 0 Å². The van der Waals surface area contributed by atoms with E-state index < -0.39 is 6.29 Å². The number of unbranched alkanes of at least 4 members (excludes halogenated alkanes) is 23. The fourth-order valence-corrected chi connectivity index (χ4v) is 5.06. The molecule has 0 saturated carbocycles. The van der Waals surface area contributed by atoms with Crippen LogP contribution in [-0.4, -0.2) is 18.0 Å². The van der Waals surface area contributed by atoms with Gasteiger partial charge in [0.2, 0.25) is 0 Å². The quantitative estimate of drug-likeness (QED) is 0.0791. The molecule has 0 heterocycles. The van der Waals surface area contributed by atoms with Gasteiger partial charge in [0.1, 0.15) is 0 Å². The number of hydrogen-bond donors (Lipinski definition) is 1. The van der Waals surface area contributed by atoms with Crippen molar-refractivity contribution in [2.45, 2.75) is 200 Å². The van der Waals surface area contributed by atoms with Crippen molar-refractivity contribution in [3.8, 4) is 0 Å². The van der Waals surface area contributed by atoms with Crippen molar-refractivity contribution in [2.75, 3.05) is 6.61 Å². The Morgan fingerprint density at radius 2 is 0.743 bits per heavy atom. The van der Waals surface area contributed by atoms with Gasteiger partial charge in [-0.2, -0.15) is 0 Å². The lowest BCUT2D eigenvalue weighted by Gasteiger charge is -2.12. The molecule has 0 aromatic rings. The van der Waals surface area contributed by atoms with Crippen molar-refractivity contribution in [3.63, 3.8) is 0 Å². The topological polar surface area (TPSA) is 29.5 Å². The average molecular weight is 497 g/mol. The van der Waals surface area contributed by atoms with E-state index in [0.717, 1.165) is 31.8 Å². The third-order valence-corrected chi connectivity index (χ3v) is 7.54. The van der Waals surface area contributed by atoms with Crippen LogP contribution in [-0.2, 0) is 4.74 Å². The molecule has 0 fully saturated rings. The highest BCUT2D eigenvalue weighted by Gasteiger charge is 2.04. The highest BCUT2D eigenvalue weighted by atomic mass is 16.6. The Kier molecular flexibility index (Phi) is 30.1. The molecule has 0 aromatic heterocycles. The molecule has 0 aliphatic carbocycles. The number of rotatable bonds is 30. The van der Waals surface area contributed by atoms with Gasteiger partial charge in [-0.3, -0.25) is 0 Å². The van der Waals surface area contributed by atoms with Gasteiger partial charge in [-0.25, -0.2) is 0 Å². The number of hydrogen-bond acceptors (Lipinski definition) is 2. The summed E-state index contributed by atoms with van der Waals surface area (Å²) in [6.07, 6.45) is 36.0. The molecule has 2 heteroatoms. The van der Waals surface area contributed by atoms with Gasteiger partial charge in [0.05, 0.1) is 0 Å². The smallest absolute Gasteiger partial charge is 0.154 e. The molecular weight excluding hydrogens is 428 g/mol. The van der Waals surface area contributed by atoms with Crippen LogP contribution in [0.5, 0.6) is 0 Å². The molecular formula is C33H68O2. The van der Waals surface area contributed by atoms with Crippen LogP contribution in [0.3, 0.4) is 0 Å². The fraction of sp³-hybridized carbons (Fsp3) is 1.00. The lowest BCUT2D eigenvalue weighted by atomic mass is 10.0. The second kappa shape index (κ2) is 30.1. The minimum absolute atomic E-state index is 0.535. The molecule has 1 N–H and O–H groups in total. The summed E-state index contributed by atoms with van der Waals surface area (Å²) in [6, 6.07) is 0. The molecule has 0 aromatic carbocycles. The van der Waals surface area contributed by atoms with E-state index in [0.29, 0.717) is 0 Å². The Labute approximate surface area is 222 Å². The Hall–Kier alpha value is -0.0800. The summed E-state index contributed by atoms with van der Waals surface area (Å²) in [5.41, 5.74) is 0. The predicted octanol–water partition coefficient (Wildman–Crippen LogP) is 11.5. The first-order valence-electron chi connectivity index (χ1n) is 16.5. The molecule has 0 aliphatic heterocycles. The van der Waals surface area contributed by atoms with Gasteiger partial charge < -0.3 is 9.84 Å². The van der Waals surface area contributed by atoms with E-state index in [4.69, 9.17) is 4.74 Å². The summed E-state index contributed by atoms with van der Waals surface area (Å²) >= 11 is 0. The maximum atomic E-state index is 10.0. The molecule has 0 radical (unpaired) electrons. The van der Waals surface area contributed by atoms with E-state index in [-0.39, 0.29) is 0 Å². The fourth-order valence-electron chi connectivity index (χ4n) is 5.06. The molecule has 0 rings (SSSR count). The van der Waals surface area contributed by atoms with Gasteiger partial charge in [0, 0.05) is 6.61 Å². The molecule has 0 amide bonds. The van der Waals surface area contributed by atoms with Crippen molar-refractivity contribution in [3.05, 3.63) is 0 Å². The summed E-state index contributed by atoms with van der Waals surface area (Å²) < 4.78 is 5.62. The molecule has 1 atom stereocenters.